The number of rotatable bonds is 4. The molecule has 29 heavy (non-hydrogen) atoms. The molecule has 0 fully saturated rings. The number of nitrogens with one attached hydrogen (secondary N) is 1. The smallest absolute Gasteiger partial charge is 0.260 e. The molecule has 2 aromatic heterocycles. The number of halogens is 1. The molecule has 0 saturated carbocycles. The third-order valence-electron chi connectivity index (χ3n) is 4.41. The number of carbonyl (C=O) groups excluding carboxylic acids is 1. The van der Waals surface area contributed by atoms with E-state index in [0.717, 1.165) is 11.3 Å². The van der Waals surface area contributed by atoms with Crippen LogP contribution in [-0.4, -0.2) is 31.3 Å². The molecule has 2 heterocycles. The minimum Gasteiger partial charge on any atom is -0.280 e. The topological polar surface area (TPSA) is 79.4 Å². The van der Waals surface area contributed by atoms with Gasteiger partial charge in [-0.1, -0.05) is 60.7 Å². The Labute approximate surface area is 176 Å². The van der Waals surface area contributed by atoms with E-state index in [1.807, 2.05) is 60.7 Å². The fraction of sp³-hybridized carbons (Fsp3) is 0.0476. The van der Waals surface area contributed by atoms with Gasteiger partial charge in [-0.3, -0.25) is 9.89 Å². The Hall–Kier alpha value is -3.47. The summed E-state index contributed by atoms with van der Waals surface area (Å²) in [5.41, 5.74) is 3.46. The van der Waals surface area contributed by atoms with E-state index in [-0.39, 0.29) is 16.1 Å². The van der Waals surface area contributed by atoms with Crippen LogP contribution >= 0.6 is 23.8 Å². The standard InChI is InChI=1S/C21H14ClN5OS/c22-11-18(28)27-20(16(12-23)21(29)25-27)17-13-26(15-9-5-2-6-10-15)24-19(17)14-7-3-1-4-8-14/h1-10,13H,11H2,(H,25,29). The van der Waals surface area contributed by atoms with Gasteiger partial charge in [0, 0.05) is 17.3 Å². The fourth-order valence-corrected chi connectivity index (χ4v) is 3.46. The van der Waals surface area contributed by atoms with Gasteiger partial charge in [0.1, 0.15) is 27.8 Å². The van der Waals surface area contributed by atoms with Crippen molar-refractivity contribution in [3.63, 3.8) is 0 Å². The van der Waals surface area contributed by atoms with Gasteiger partial charge in [0.05, 0.1) is 11.4 Å². The quantitative estimate of drug-likeness (QED) is 0.380. The Bertz CT molecular complexity index is 1280. The van der Waals surface area contributed by atoms with Crippen LogP contribution in [0.1, 0.15) is 10.4 Å². The van der Waals surface area contributed by atoms with Gasteiger partial charge < -0.3 is 0 Å². The molecular weight excluding hydrogens is 406 g/mol. The third-order valence-corrected chi connectivity index (χ3v) is 4.94. The molecule has 0 amide bonds. The van der Waals surface area contributed by atoms with Gasteiger partial charge in [0.15, 0.2) is 0 Å². The number of carbonyl (C=O) groups is 1. The number of aromatic amines is 1. The van der Waals surface area contributed by atoms with Gasteiger partial charge in [-0.05, 0) is 12.1 Å². The van der Waals surface area contributed by atoms with Gasteiger partial charge in [0.2, 0.25) is 0 Å². The lowest BCUT2D eigenvalue weighted by Gasteiger charge is -2.06. The van der Waals surface area contributed by atoms with Crippen molar-refractivity contribution in [2.24, 2.45) is 0 Å². The largest absolute Gasteiger partial charge is 0.280 e. The van der Waals surface area contributed by atoms with Crippen molar-refractivity contribution in [2.75, 3.05) is 5.88 Å². The van der Waals surface area contributed by atoms with E-state index in [0.29, 0.717) is 17.0 Å². The zero-order valence-corrected chi connectivity index (χ0v) is 16.6. The van der Waals surface area contributed by atoms with Crippen molar-refractivity contribution in [2.45, 2.75) is 0 Å². The average molecular weight is 420 g/mol. The zero-order chi connectivity index (χ0) is 20.4. The van der Waals surface area contributed by atoms with Crippen molar-refractivity contribution in [3.05, 3.63) is 77.1 Å². The highest BCUT2D eigenvalue weighted by Gasteiger charge is 2.24. The monoisotopic (exact) mass is 419 g/mol. The van der Waals surface area contributed by atoms with Crippen LogP contribution < -0.4 is 0 Å². The first-order valence-corrected chi connectivity index (χ1v) is 9.63. The highest BCUT2D eigenvalue weighted by molar-refractivity contribution is 7.71. The van der Waals surface area contributed by atoms with Gasteiger partial charge in [-0.15, -0.1) is 11.6 Å². The lowest BCUT2D eigenvalue weighted by molar-refractivity contribution is 0.0927. The summed E-state index contributed by atoms with van der Waals surface area (Å²) >= 11 is 11.0. The molecule has 0 aliphatic rings. The third kappa shape index (κ3) is 3.40. The summed E-state index contributed by atoms with van der Waals surface area (Å²) < 4.78 is 3.12. The molecule has 4 aromatic rings. The molecule has 0 atom stereocenters. The summed E-state index contributed by atoms with van der Waals surface area (Å²) in [6.45, 7) is 0. The zero-order valence-electron chi connectivity index (χ0n) is 15.0. The first kappa shape index (κ1) is 18.9. The Balaban J connectivity index is 2.04. The maximum absolute atomic E-state index is 12.4. The molecule has 2 aromatic carbocycles. The second-order valence-electron chi connectivity index (χ2n) is 6.18. The van der Waals surface area contributed by atoms with Crippen LogP contribution in [0.4, 0.5) is 0 Å². The molecule has 1 N–H and O–H groups in total. The number of hydrogen-bond acceptors (Lipinski definition) is 4. The Kier molecular flexibility index (Phi) is 5.12. The SMILES string of the molecule is N#Cc1c(-c2cn(-c3ccccc3)nc2-c2ccccc2)n(C(=O)CCl)[nH]c1=S. The predicted octanol–water partition coefficient (Wildman–Crippen LogP) is 4.82. The Morgan fingerprint density at radius 2 is 1.79 bits per heavy atom. The van der Waals surface area contributed by atoms with Crippen molar-refractivity contribution >= 4 is 29.7 Å². The highest BCUT2D eigenvalue weighted by Crippen LogP contribution is 2.34. The average Bonchev–Trinajstić information content (AvgIpc) is 3.35. The van der Waals surface area contributed by atoms with Crippen molar-refractivity contribution in [1.29, 1.82) is 5.26 Å². The van der Waals surface area contributed by atoms with Crippen LogP contribution in [0.5, 0.6) is 0 Å². The molecule has 0 radical (unpaired) electrons. The number of para-hydroxylation sites is 1. The molecule has 0 aliphatic heterocycles. The summed E-state index contributed by atoms with van der Waals surface area (Å²) in [6, 6.07) is 21.2. The molecular formula is C21H14ClN5OS. The minimum atomic E-state index is -0.416. The fourth-order valence-electron chi connectivity index (χ4n) is 3.11. The van der Waals surface area contributed by atoms with E-state index in [2.05, 4.69) is 11.2 Å². The van der Waals surface area contributed by atoms with E-state index < -0.39 is 5.91 Å². The van der Waals surface area contributed by atoms with Crippen LogP contribution in [0, 0.1) is 16.0 Å². The second-order valence-corrected chi connectivity index (χ2v) is 6.85. The summed E-state index contributed by atoms with van der Waals surface area (Å²) in [6.07, 6.45) is 1.79. The molecule has 6 nitrogen and oxygen atoms in total. The van der Waals surface area contributed by atoms with E-state index >= 15 is 0 Å². The molecule has 0 bridgehead atoms. The maximum Gasteiger partial charge on any atom is 0.260 e. The lowest BCUT2D eigenvalue weighted by Crippen LogP contribution is -2.15. The van der Waals surface area contributed by atoms with Crippen LogP contribution in [-0.2, 0) is 0 Å². The number of H-pyrrole nitrogens is 1. The summed E-state index contributed by atoms with van der Waals surface area (Å²) in [5, 5.41) is 17.2. The molecule has 8 heteroatoms. The highest BCUT2D eigenvalue weighted by atomic mass is 35.5. The molecule has 0 unspecified atom stereocenters. The van der Waals surface area contributed by atoms with Crippen molar-refractivity contribution in [1.82, 2.24) is 19.6 Å². The summed E-state index contributed by atoms with van der Waals surface area (Å²) in [7, 11) is 0. The number of benzene rings is 2. The van der Waals surface area contributed by atoms with Crippen molar-refractivity contribution in [3.8, 4) is 34.3 Å². The maximum atomic E-state index is 12.4. The summed E-state index contributed by atoms with van der Waals surface area (Å²) in [5.74, 6) is -0.675. The van der Waals surface area contributed by atoms with E-state index in [1.165, 1.54) is 4.68 Å². The normalized spacial score (nSPS) is 10.6. The lowest BCUT2D eigenvalue weighted by atomic mass is 10.0. The number of aromatic nitrogens is 4. The van der Waals surface area contributed by atoms with E-state index in [4.69, 9.17) is 28.9 Å². The Morgan fingerprint density at radius 1 is 1.14 bits per heavy atom. The molecule has 4 rings (SSSR count). The van der Waals surface area contributed by atoms with Crippen LogP contribution in [0.2, 0.25) is 0 Å². The van der Waals surface area contributed by atoms with E-state index in [1.54, 1.807) is 10.9 Å². The minimum absolute atomic E-state index is 0.174. The van der Waals surface area contributed by atoms with Crippen LogP contribution in [0.3, 0.4) is 0 Å². The number of hydrogen-bond donors (Lipinski definition) is 1. The Morgan fingerprint density at radius 3 is 2.41 bits per heavy atom. The number of nitriles is 1. The van der Waals surface area contributed by atoms with Crippen LogP contribution in [0.25, 0.3) is 28.2 Å². The van der Waals surface area contributed by atoms with Gasteiger partial charge in [0.25, 0.3) is 5.91 Å². The molecule has 142 valence electrons. The summed E-state index contributed by atoms with van der Waals surface area (Å²) in [4.78, 5) is 12.4. The predicted molar refractivity (Wildman–Crippen MR) is 114 cm³/mol. The van der Waals surface area contributed by atoms with Gasteiger partial charge in [-0.2, -0.15) is 10.4 Å². The second kappa shape index (κ2) is 7.87. The van der Waals surface area contributed by atoms with E-state index in [9.17, 15) is 10.1 Å². The first-order chi connectivity index (χ1) is 14.1. The van der Waals surface area contributed by atoms with Gasteiger partial charge >= 0.3 is 0 Å². The molecule has 0 spiro atoms. The number of nitrogens with zero attached hydrogens (tertiary/aromatic N) is 4. The molecule has 0 saturated heterocycles. The number of alkyl halides is 1. The first-order valence-electron chi connectivity index (χ1n) is 8.69. The van der Waals surface area contributed by atoms with Gasteiger partial charge in [-0.25, -0.2) is 9.36 Å². The van der Waals surface area contributed by atoms with Crippen LogP contribution in [0.15, 0.2) is 66.9 Å². The molecule has 0 aliphatic carbocycles. The van der Waals surface area contributed by atoms with Crippen molar-refractivity contribution < 1.29 is 4.79 Å².